The van der Waals surface area contributed by atoms with Crippen LogP contribution in [0.4, 0.5) is 17.5 Å². The fourth-order valence-corrected chi connectivity index (χ4v) is 4.59. The average Bonchev–Trinajstić information content (AvgIpc) is 3.30. The van der Waals surface area contributed by atoms with Gasteiger partial charge in [-0.15, -0.1) is 0 Å². The normalized spacial score (nSPS) is 16.2. The predicted octanol–water partition coefficient (Wildman–Crippen LogP) is 3.29. The summed E-state index contributed by atoms with van der Waals surface area (Å²) in [4.78, 5) is 36.0. The van der Waals surface area contributed by atoms with Gasteiger partial charge in [0.2, 0.25) is 17.8 Å². The van der Waals surface area contributed by atoms with Gasteiger partial charge in [-0.05, 0) is 49.8 Å². The first kappa shape index (κ1) is 25.5. The Morgan fingerprint density at radius 3 is 2.72 bits per heavy atom. The van der Waals surface area contributed by atoms with Crippen LogP contribution in [-0.4, -0.2) is 78.0 Å². The number of rotatable bonds is 11. The maximum atomic E-state index is 11.8. The minimum Gasteiger partial charge on any atom is -0.493 e. The third kappa shape index (κ3) is 6.99. The van der Waals surface area contributed by atoms with E-state index < -0.39 is 0 Å². The van der Waals surface area contributed by atoms with E-state index in [9.17, 15) is 9.59 Å². The molecule has 2 amide bonds. The predicted molar refractivity (Wildman–Crippen MR) is 138 cm³/mol. The molecule has 3 heterocycles. The number of carbonyl (C=O) groups excluding carboxylic acids is 2. The highest BCUT2D eigenvalue weighted by Crippen LogP contribution is 2.31. The number of nitrogens with zero attached hydrogens (tertiary/aromatic N) is 4. The second kappa shape index (κ2) is 12.4. The van der Waals surface area contributed by atoms with E-state index in [1.54, 1.807) is 20.2 Å². The van der Waals surface area contributed by atoms with Crippen molar-refractivity contribution >= 4 is 29.3 Å². The smallest absolute Gasteiger partial charge is 0.229 e. The van der Waals surface area contributed by atoms with Crippen LogP contribution in [0.3, 0.4) is 0 Å². The summed E-state index contributed by atoms with van der Waals surface area (Å²) in [7, 11) is 1.61. The van der Waals surface area contributed by atoms with E-state index in [1.807, 2.05) is 34.1 Å². The zero-order valence-electron chi connectivity index (χ0n) is 21.2. The molecule has 0 aliphatic carbocycles. The molecule has 10 heteroatoms. The summed E-state index contributed by atoms with van der Waals surface area (Å²) in [6.45, 7) is 6.12. The maximum absolute atomic E-state index is 11.8. The maximum Gasteiger partial charge on any atom is 0.229 e. The molecule has 1 aromatic heterocycles. The molecule has 2 aliphatic heterocycles. The topological polar surface area (TPSA) is 109 Å². The number of anilines is 3. The lowest BCUT2D eigenvalue weighted by Gasteiger charge is -2.31. The van der Waals surface area contributed by atoms with Gasteiger partial charge in [0.05, 0.1) is 13.7 Å². The zero-order chi connectivity index (χ0) is 25.3. The monoisotopic (exact) mass is 496 g/mol. The Balaban J connectivity index is 1.28. The van der Waals surface area contributed by atoms with Crippen molar-refractivity contribution in [1.29, 1.82) is 0 Å². The van der Waals surface area contributed by atoms with Crippen LogP contribution in [0.5, 0.6) is 11.5 Å². The van der Waals surface area contributed by atoms with Crippen molar-refractivity contribution in [3.8, 4) is 11.5 Å². The van der Waals surface area contributed by atoms with E-state index in [2.05, 4.69) is 20.6 Å². The quantitative estimate of drug-likeness (QED) is 0.456. The highest BCUT2D eigenvalue weighted by molar-refractivity contribution is 5.78. The van der Waals surface area contributed by atoms with E-state index in [1.165, 1.54) is 0 Å². The standard InChI is InChI=1S/C26H36N6O4/c1-19(33)31-14-9-20(10-15-31)18-28-24-8-11-27-26(30-24)29-21-6-7-22(35-2)23(17-21)36-16-4-13-32-12-3-5-25(32)34/h6-8,11,17,20H,3-5,9-10,12-16,18H2,1-2H3,(H2,27,28,29,30). The molecule has 0 bridgehead atoms. The summed E-state index contributed by atoms with van der Waals surface area (Å²) in [5, 5.41) is 6.65. The molecule has 36 heavy (non-hydrogen) atoms. The van der Waals surface area contributed by atoms with Gasteiger partial charge in [-0.3, -0.25) is 9.59 Å². The molecule has 10 nitrogen and oxygen atoms in total. The van der Waals surface area contributed by atoms with Crippen LogP contribution in [0.2, 0.25) is 0 Å². The lowest BCUT2D eigenvalue weighted by Crippen LogP contribution is -2.38. The number of likely N-dealkylation sites (tertiary alicyclic amines) is 2. The number of piperidine rings is 1. The molecule has 2 N–H and O–H groups in total. The number of aromatic nitrogens is 2. The van der Waals surface area contributed by atoms with Gasteiger partial charge >= 0.3 is 0 Å². The highest BCUT2D eigenvalue weighted by atomic mass is 16.5. The molecule has 4 rings (SSSR count). The van der Waals surface area contributed by atoms with Crippen molar-refractivity contribution < 1.29 is 19.1 Å². The van der Waals surface area contributed by atoms with Gasteiger partial charge in [0.25, 0.3) is 0 Å². The molecular formula is C26H36N6O4. The van der Waals surface area contributed by atoms with Crippen LogP contribution in [0.15, 0.2) is 30.5 Å². The Bertz CT molecular complexity index is 1040. The van der Waals surface area contributed by atoms with E-state index >= 15 is 0 Å². The molecule has 2 saturated heterocycles. The number of amides is 2. The molecule has 0 radical (unpaired) electrons. The van der Waals surface area contributed by atoms with Crippen LogP contribution in [0, 0.1) is 5.92 Å². The molecule has 0 atom stereocenters. The number of hydrogen-bond acceptors (Lipinski definition) is 8. The molecule has 0 unspecified atom stereocenters. The first-order valence-electron chi connectivity index (χ1n) is 12.7. The lowest BCUT2D eigenvalue weighted by molar-refractivity contribution is -0.130. The third-order valence-corrected chi connectivity index (χ3v) is 6.71. The summed E-state index contributed by atoms with van der Waals surface area (Å²) in [6, 6.07) is 7.45. The van der Waals surface area contributed by atoms with E-state index in [4.69, 9.17) is 9.47 Å². The third-order valence-electron chi connectivity index (χ3n) is 6.71. The lowest BCUT2D eigenvalue weighted by atomic mass is 9.97. The minimum atomic E-state index is 0.151. The summed E-state index contributed by atoms with van der Waals surface area (Å²) < 4.78 is 11.4. The van der Waals surface area contributed by atoms with Crippen molar-refractivity contribution in [3.05, 3.63) is 30.5 Å². The Labute approximate surface area is 212 Å². The summed E-state index contributed by atoms with van der Waals surface area (Å²) >= 11 is 0. The number of nitrogens with one attached hydrogen (secondary N) is 2. The number of methoxy groups -OCH3 is 1. The zero-order valence-corrected chi connectivity index (χ0v) is 21.2. The van der Waals surface area contributed by atoms with Gasteiger partial charge < -0.3 is 29.9 Å². The van der Waals surface area contributed by atoms with Gasteiger partial charge in [0.15, 0.2) is 11.5 Å². The van der Waals surface area contributed by atoms with Crippen LogP contribution in [0.25, 0.3) is 0 Å². The highest BCUT2D eigenvalue weighted by Gasteiger charge is 2.21. The number of ether oxygens (including phenoxy) is 2. The second-order valence-electron chi connectivity index (χ2n) is 9.27. The average molecular weight is 497 g/mol. The van der Waals surface area contributed by atoms with Crippen LogP contribution in [-0.2, 0) is 9.59 Å². The van der Waals surface area contributed by atoms with Gasteiger partial charge in [0, 0.05) is 64.0 Å². The first-order chi connectivity index (χ1) is 17.5. The molecule has 1 aromatic carbocycles. The SMILES string of the molecule is COc1ccc(Nc2nccc(NCC3CCN(C(C)=O)CC3)n2)cc1OCCCN1CCCC1=O. The summed E-state index contributed by atoms with van der Waals surface area (Å²) in [5.74, 6) is 3.40. The Morgan fingerprint density at radius 2 is 2.00 bits per heavy atom. The van der Waals surface area contributed by atoms with Crippen LogP contribution >= 0.6 is 0 Å². The molecule has 194 valence electrons. The number of carbonyl (C=O) groups is 2. The fourth-order valence-electron chi connectivity index (χ4n) is 4.59. The summed E-state index contributed by atoms with van der Waals surface area (Å²) in [6.07, 6.45) is 6.06. The van der Waals surface area contributed by atoms with Crippen LogP contribution < -0.4 is 20.1 Å². The van der Waals surface area contributed by atoms with E-state index in [0.717, 1.165) is 63.4 Å². The second-order valence-corrected chi connectivity index (χ2v) is 9.27. The van der Waals surface area contributed by atoms with Crippen molar-refractivity contribution in [2.75, 3.05) is 57.1 Å². The molecule has 2 fully saturated rings. The molecule has 0 saturated carbocycles. The van der Waals surface area contributed by atoms with Gasteiger partial charge in [0.1, 0.15) is 5.82 Å². The minimum absolute atomic E-state index is 0.151. The fraction of sp³-hybridized carbons (Fsp3) is 0.538. The van der Waals surface area contributed by atoms with E-state index in [0.29, 0.717) is 42.9 Å². The molecule has 2 aliphatic rings. The molecule has 0 spiro atoms. The Morgan fingerprint density at radius 1 is 1.17 bits per heavy atom. The van der Waals surface area contributed by atoms with Crippen molar-refractivity contribution in [3.63, 3.8) is 0 Å². The van der Waals surface area contributed by atoms with Crippen molar-refractivity contribution in [2.24, 2.45) is 5.92 Å². The number of benzene rings is 1. The van der Waals surface area contributed by atoms with E-state index in [-0.39, 0.29) is 11.8 Å². The van der Waals surface area contributed by atoms with Gasteiger partial charge in [-0.25, -0.2) is 4.98 Å². The van der Waals surface area contributed by atoms with Gasteiger partial charge in [-0.1, -0.05) is 0 Å². The van der Waals surface area contributed by atoms with Crippen LogP contribution in [0.1, 0.15) is 39.0 Å². The Hall–Kier alpha value is -3.56. The van der Waals surface area contributed by atoms with Crippen molar-refractivity contribution in [2.45, 2.75) is 39.0 Å². The molecule has 2 aromatic rings. The largest absolute Gasteiger partial charge is 0.493 e. The first-order valence-corrected chi connectivity index (χ1v) is 12.7. The number of hydrogen-bond donors (Lipinski definition) is 2. The molecular weight excluding hydrogens is 460 g/mol. The Kier molecular flexibility index (Phi) is 8.80. The summed E-state index contributed by atoms with van der Waals surface area (Å²) in [5.41, 5.74) is 0.786. The van der Waals surface area contributed by atoms with Crippen molar-refractivity contribution in [1.82, 2.24) is 19.8 Å². The van der Waals surface area contributed by atoms with Gasteiger partial charge in [-0.2, -0.15) is 4.98 Å².